The first-order valence-corrected chi connectivity index (χ1v) is 12.1. The molecular weight excluding hydrogens is 414 g/mol. The van der Waals surface area contributed by atoms with Gasteiger partial charge >= 0.3 is 5.97 Å². The molecule has 2 atom stereocenters. The molecule has 4 rings (SSSR count). The highest BCUT2D eigenvalue weighted by Gasteiger charge is 2.41. The molecule has 2 saturated heterocycles. The first kappa shape index (κ1) is 22.0. The lowest BCUT2D eigenvalue weighted by atomic mass is 10.1. The maximum atomic E-state index is 12.9. The Balaban J connectivity index is 1.41. The van der Waals surface area contributed by atoms with Crippen molar-refractivity contribution in [3.05, 3.63) is 66.2 Å². The van der Waals surface area contributed by atoms with Gasteiger partial charge in [0.15, 0.2) is 0 Å². The van der Waals surface area contributed by atoms with Crippen LogP contribution in [0.4, 0.5) is 0 Å². The third-order valence-electron chi connectivity index (χ3n) is 6.00. The minimum absolute atomic E-state index is 0.0641. The fourth-order valence-corrected chi connectivity index (χ4v) is 5.94. The zero-order valence-corrected chi connectivity index (χ0v) is 18.6. The minimum Gasteiger partial charge on any atom is -0.459 e. The predicted molar refractivity (Wildman–Crippen MR) is 118 cm³/mol. The van der Waals surface area contributed by atoms with Crippen molar-refractivity contribution >= 4 is 16.0 Å². The maximum Gasteiger partial charge on any atom is 0.303 e. The van der Waals surface area contributed by atoms with Crippen molar-refractivity contribution in [1.29, 1.82) is 0 Å². The van der Waals surface area contributed by atoms with E-state index in [9.17, 15) is 13.2 Å². The molecule has 0 spiro atoms. The molecule has 0 bridgehead atoms. The summed E-state index contributed by atoms with van der Waals surface area (Å²) in [7, 11) is -3.48. The number of esters is 1. The van der Waals surface area contributed by atoms with Gasteiger partial charge in [0, 0.05) is 52.7 Å². The summed E-state index contributed by atoms with van der Waals surface area (Å²) >= 11 is 0. The van der Waals surface area contributed by atoms with E-state index in [1.54, 1.807) is 28.6 Å². The van der Waals surface area contributed by atoms with Crippen LogP contribution in [0.1, 0.15) is 12.5 Å². The van der Waals surface area contributed by atoms with Crippen molar-refractivity contribution in [3.8, 4) is 0 Å². The maximum absolute atomic E-state index is 12.9. The fraction of sp³-hybridized carbons (Fsp3) is 0.435. The highest BCUT2D eigenvalue weighted by atomic mass is 32.2. The monoisotopic (exact) mass is 443 g/mol. The van der Waals surface area contributed by atoms with Crippen LogP contribution in [-0.4, -0.2) is 79.9 Å². The highest BCUT2D eigenvalue weighted by molar-refractivity contribution is 7.89. The Bertz CT molecular complexity index is 976. The van der Waals surface area contributed by atoms with E-state index in [-0.39, 0.29) is 18.1 Å². The second kappa shape index (κ2) is 9.48. The Morgan fingerprint density at radius 1 is 0.935 bits per heavy atom. The lowest BCUT2D eigenvalue weighted by molar-refractivity contribution is -0.148. The number of rotatable bonds is 6. The number of ether oxygens (including phenoxy) is 1. The first-order valence-electron chi connectivity index (χ1n) is 10.7. The van der Waals surface area contributed by atoms with Gasteiger partial charge in [-0.2, -0.15) is 4.31 Å². The molecule has 166 valence electrons. The number of likely N-dealkylation sites (tertiary alicyclic amines) is 1. The topological polar surface area (TPSA) is 70.2 Å². The van der Waals surface area contributed by atoms with E-state index in [4.69, 9.17) is 4.74 Å². The van der Waals surface area contributed by atoms with E-state index in [1.807, 2.05) is 24.3 Å². The van der Waals surface area contributed by atoms with E-state index in [0.29, 0.717) is 37.6 Å². The molecule has 2 aliphatic rings. The number of nitrogens with zero attached hydrogens (tertiary/aromatic N) is 3. The minimum atomic E-state index is -3.48. The molecule has 31 heavy (non-hydrogen) atoms. The van der Waals surface area contributed by atoms with Gasteiger partial charge in [0.2, 0.25) is 10.0 Å². The van der Waals surface area contributed by atoms with Gasteiger partial charge in [-0.15, -0.1) is 0 Å². The second-order valence-corrected chi connectivity index (χ2v) is 10.1. The third-order valence-corrected chi connectivity index (χ3v) is 7.92. The van der Waals surface area contributed by atoms with Gasteiger partial charge in [-0.1, -0.05) is 48.5 Å². The average Bonchev–Trinajstić information content (AvgIpc) is 3.16. The van der Waals surface area contributed by atoms with Crippen LogP contribution in [0.3, 0.4) is 0 Å². The van der Waals surface area contributed by atoms with E-state index in [2.05, 4.69) is 21.9 Å². The highest BCUT2D eigenvalue weighted by Crippen LogP contribution is 2.24. The van der Waals surface area contributed by atoms with Gasteiger partial charge < -0.3 is 4.74 Å². The van der Waals surface area contributed by atoms with Gasteiger partial charge in [0.25, 0.3) is 0 Å². The summed E-state index contributed by atoms with van der Waals surface area (Å²) in [5.41, 5.74) is 1.23. The number of carbonyl (C=O) groups is 1. The van der Waals surface area contributed by atoms with Crippen LogP contribution in [-0.2, 0) is 26.1 Å². The van der Waals surface area contributed by atoms with E-state index >= 15 is 0 Å². The Morgan fingerprint density at radius 3 is 2.16 bits per heavy atom. The summed E-state index contributed by atoms with van der Waals surface area (Å²) in [6.45, 7) is 5.82. The van der Waals surface area contributed by atoms with Crippen LogP contribution in [0.25, 0.3) is 0 Å². The third kappa shape index (κ3) is 5.15. The SMILES string of the molecule is CC(=O)O[C@@H]1CN(Cc2ccccc2)C[C@@H]1N1CCN(S(=O)(=O)c2ccccc2)CC1. The zero-order valence-electron chi connectivity index (χ0n) is 17.8. The molecule has 0 unspecified atom stereocenters. The van der Waals surface area contributed by atoms with E-state index in [1.165, 1.54) is 12.5 Å². The quantitative estimate of drug-likeness (QED) is 0.635. The van der Waals surface area contributed by atoms with Gasteiger partial charge in [0.1, 0.15) is 6.10 Å². The van der Waals surface area contributed by atoms with Crippen LogP contribution < -0.4 is 0 Å². The zero-order chi connectivity index (χ0) is 21.8. The summed E-state index contributed by atoms with van der Waals surface area (Å²) in [6, 6.07) is 18.9. The summed E-state index contributed by atoms with van der Waals surface area (Å²) < 4.78 is 33.0. The molecule has 2 aliphatic heterocycles. The van der Waals surface area contributed by atoms with Crippen molar-refractivity contribution in [2.24, 2.45) is 0 Å². The Kier molecular flexibility index (Phi) is 6.71. The van der Waals surface area contributed by atoms with Crippen molar-refractivity contribution in [3.63, 3.8) is 0 Å². The summed E-state index contributed by atoms with van der Waals surface area (Å²) in [5, 5.41) is 0. The van der Waals surface area contributed by atoms with Gasteiger partial charge in [-0.25, -0.2) is 8.42 Å². The Hall–Kier alpha value is -2.26. The van der Waals surface area contributed by atoms with Crippen LogP contribution in [0.5, 0.6) is 0 Å². The van der Waals surface area contributed by atoms with Crippen molar-refractivity contribution in [2.75, 3.05) is 39.3 Å². The molecule has 7 nitrogen and oxygen atoms in total. The lowest BCUT2D eigenvalue weighted by Crippen LogP contribution is -2.55. The molecule has 0 N–H and O–H groups in total. The molecule has 0 aliphatic carbocycles. The molecule has 0 radical (unpaired) electrons. The van der Waals surface area contributed by atoms with Crippen LogP contribution in [0.2, 0.25) is 0 Å². The molecule has 2 aromatic rings. The van der Waals surface area contributed by atoms with E-state index in [0.717, 1.165) is 13.1 Å². The van der Waals surface area contributed by atoms with Crippen molar-refractivity contribution < 1.29 is 17.9 Å². The summed E-state index contributed by atoms with van der Waals surface area (Å²) in [6.07, 6.45) is -0.210. The van der Waals surface area contributed by atoms with Crippen LogP contribution in [0.15, 0.2) is 65.6 Å². The number of hydrogen-bond acceptors (Lipinski definition) is 6. The average molecular weight is 444 g/mol. The molecule has 2 aromatic carbocycles. The van der Waals surface area contributed by atoms with Gasteiger partial charge in [-0.05, 0) is 17.7 Å². The second-order valence-electron chi connectivity index (χ2n) is 8.15. The normalized spacial score (nSPS) is 23.6. The number of piperazine rings is 1. The van der Waals surface area contributed by atoms with Crippen LogP contribution >= 0.6 is 0 Å². The molecule has 0 amide bonds. The smallest absolute Gasteiger partial charge is 0.303 e. The lowest BCUT2D eigenvalue weighted by Gasteiger charge is -2.38. The Labute approximate surface area is 184 Å². The number of benzene rings is 2. The predicted octanol–water partition coefficient (Wildman–Crippen LogP) is 1.81. The first-order chi connectivity index (χ1) is 14.9. The summed E-state index contributed by atoms with van der Waals surface area (Å²) in [5.74, 6) is -0.276. The molecule has 8 heteroatoms. The summed E-state index contributed by atoms with van der Waals surface area (Å²) in [4.78, 5) is 16.6. The van der Waals surface area contributed by atoms with Crippen molar-refractivity contribution in [2.45, 2.75) is 30.5 Å². The molecule has 0 saturated carbocycles. The molecule has 0 aromatic heterocycles. The largest absolute Gasteiger partial charge is 0.459 e. The number of sulfonamides is 1. The Morgan fingerprint density at radius 2 is 1.55 bits per heavy atom. The van der Waals surface area contributed by atoms with Gasteiger partial charge in [-0.3, -0.25) is 14.6 Å². The van der Waals surface area contributed by atoms with Crippen molar-refractivity contribution in [1.82, 2.24) is 14.1 Å². The standard InChI is InChI=1S/C23H29N3O4S/c1-19(27)30-23-18-24(16-20-8-4-2-5-9-20)17-22(23)25-12-14-26(15-13-25)31(28,29)21-10-6-3-7-11-21/h2-11,22-23H,12-18H2,1H3/t22-,23+/m0/s1. The fourth-order valence-electron chi connectivity index (χ4n) is 4.50. The molecule has 2 fully saturated rings. The van der Waals surface area contributed by atoms with Gasteiger partial charge in [0.05, 0.1) is 10.9 Å². The number of carbonyl (C=O) groups excluding carboxylic acids is 1. The molecule has 2 heterocycles. The molecular formula is C23H29N3O4S. The van der Waals surface area contributed by atoms with Crippen LogP contribution in [0, 0.1) is 0 Å². The van der Waals surface area contributed by atoms with E-state index < -0.39 is 10.0 Å². The number of hydrogen-bond donors (Lipinski definition) is 0.